The lowest BCUT2D eigenvalue weighted by Gasteiger charge is -2.32. The van der Waals surface area contributed by atoms with Gasteiger partial charge in [0, 0.05) is 31.4 Å². The fraction of sp³-hybridized carbons (Fsp3) is 0.600. The van der Waals surface area contributed by atoms with Crippen molar-refractivity contribution in [3.8, 4) is 0 Å². The Hall–Kier alpha value is -1.42. The minimum atomic E-state index is 0.0254. The van der Waals surface area contributed by atoms with E-state index in [0.29, 0.717) is 0 Å². The molecular weight excluding hydrogens is 238 g/mol. The number of aromatic nitrogens is 1. The number of hydrogen-bond donors (Lipinski definition) is 1. The molecule has 0 aromatic carbocycles. The zero-order valence-corrected chi connectivity index (χ0v) is 11.6. The van der Waals surface area contributed by atoms with Gasteiger partial charge in [-0.1, -0.05) is 13.0 Å². The second kappa shape index (κ2) is 7.24. The van der Waals surface area contributed by atoms with E-state index < -0.39 is 0 Å². The topological polar surface area (TPSA) is 45.2 Å². The Labute approximate surface area is 115 Å². The summed E-state index contributed by atoms with van der Waals surface area (Å²) in [5.41, 5.74) is 1.05. The van der Waals surface area contributed by atoms with Gasteiger partial charge in [0.2, 0.25) is 5.91 Å². The van der Waals surface area contributed by atoms with Crippen LogP contribution in [-0.4, -0.2) is 41.5 Å². The maximum absolute atomic E-state index is 12.3. The number of hydrogen-bond acceptors (Lipinski definition) is 3. The molecule has 0 saturated carbocycles. The van der Waals surface area contributed by atoms with E-state index in [9.17, 15) is 4.79 Å². The van der Waals surface area contributed by atoms with Gasteiger partial charge in [-0.05, 0) is 37.9 Å². The number of nitrogens with zero attached hydrogens (tertiary/aromatic N) is 2. The van der Waals surface area contributed by atoms with Crippen LogP contribution in [0.1, 0.15) is 31.9 Å². The van der Waals surface area contributed by atoms with Gasteiger partial charge in [0.15, 0.2) is 0 Å². The highest BCUT2D eigenvalue weighted by Crippen LogP contribution is 2.12. The summed E-state index contributed by atoms with van der Waals surface area (Å²) in [6, 6.07) is 5.95. The van der Waals surface area contributed by atoms with E-state index in [1.165, 1.54) is 0 Å². The summed E-state index contributed by atoms with van der Waals surface area (Å²) >= 11 is 0. The van der Waals surface area contributed by atoms with E-state index in [2.05, 4.69) is 17.2 Å². The van der Waals surface area contributed by atoms with E-state index in [0.717, 1.165) is 51.0 Å². The first-order valence-electron chi connectivity index (χ1n) is 7.23. The summed E-state index contributed by atoms with van der Waals surface area (Å²) < 4.78 is 0. The van der Waals surface area contributed by atoms with Gasteiger partial charge in [0.1, 0.15) is 0 Å². The van der Waals surface area contributed by atoms with Crippen molar-refractivity contribution in [2.24, 2.45) is 0 Å². The lowest BCUT2D eigenvalue weighted by molar-refractivity contribution is -0.135. The van der Waals surface area contributed by atoms with Crippen molar-refractivity contribution in [1.29, 1.82) is 0 Å². The molecule has 2 rings (SSSR count). The maximum Gasteiger partial charge on any atom is 0.239 e. The molecule has 1 aliphatic heterocycles. The SMILES string of the molecule is CCCNC1CCCN(CCc2ccccn2)C1=O. The quantitative estimate of drug-likeness (QED) is 0.846. The summed E-state index contributed by atoms with van der Waals surface area (Å²) in [5.74, 6) is 0.260. The lowest BCUT2D eigenvalue weighted by atomic mass is 10.0. The van der Waals surface area contributed by atoms with Crippen molar-refractivity contribution >= 4 is 5.91 Å². The molecule has 1 unspecified atom stereocenters. The first-order chi connectivity index (χ1) is 9.31. The van der Waals surface area contributed by atoms with Crippen molar-refractivity contribution < 1.29 is 4.79 Å². The molecule has 1 fully saturated rings. The Morgan fingerprint density at radius 2 is 2.37 bits per heavy atom. The zero-order valence-electron chi connectivity index (χ0n) is 11.6. The Bertz CT molecular complexity index is 394. The Morgan fingerprint density at radius 3 is 3.11 bits per heavy atom. The third-order valence-corrected chi connectivity index (χ3v) is 3.54. The molecular formula is C15H23N3O. The van der Waals surface area contributed by atoms with Crippen LogP contribution in [0.5, 0.6) is 0 Å². The van der Waals surface area contributed by atoms with Crippen molar-refractivity contribution in [3.05, 3.63) is 30.1 Å². The lowest BCUT2D eigenvalue weighted by Crippen LogP contribution is -2.51. The van der Waals surface area contributed by atoms with Crippen LogP contribution in [0.15, 0.2) is 24.4 Å². The molecule has 1 N–H and O–H groups in total. The van der Waals surface area contributed by atoms with E-state index in [1.807, 2.05) is 23.1 Å². The molecule has 4 heteroatoms. The van der Waals surface area contributed by atoms with Crippen molar-refractivity contribution in [3.63, 3.8) is 0 Å². The van der Waals surface area contributed by atoms with Gasteiger partial charge in [0.05, 0.1) is 6.04 Å². The van der Waals surface area contributed by atoms with Gasteiger partial charge in [-0.15, -0.1) is 0 Å². The summed E-state index contributed by atoms with van der Waals surface area (Å²) in [6.45, 7) is 4.71. The van der Waals surface area contributed by atoms with Gasteiger partial charge in [-0.3, -0.25) is 9.78 Å². The number of carbonyl (C=O) groups is 1. The Kier molecular flexibility index (Phi) is 5.33. The summed E-state index contributed by atoms with van der Waals surface area (Å²) in [6.07, 6.45) is 5.78. The Balaban J connectivity index is 1.84. The number of nitrogens with one attached hydrogen (secondary N) is 1. The molecule has 19 heavy (non-hydrogen) atoms. The highest BCUT2D eigenvalue weighted by Gasteiger charge is 2.27. The van der Waals surface area contributed by atoms with Gasteiger partial charge < -0.3 is 10.2 Å². The van der Waals surface area contributed by atoms with Crippen molar-refractivity contribution in [2.45, 2.75) is 38.6 Å². The fourth-order valence-electron chi connectivity index (χ4n) is 2.47. The third-order valence-electron chi connectivity index (χ3n) is 3.54. The number of piperidine rings is 1. The third kappa shape index (κ3) is 4.03. The first-order valence-corrected chi connectivity index (χ1v) is 7.23. The van der Waals surface area contributed by atoms with E-state index in [1.54, 1.807) is 6.20 Å². The van der Waals surface area contributed by atoms with Crippen LogP contribution in [0.4, 0.5) is 0 Å². The predicted octanol–water partition coefficient (Wildman–Crippen LogP) is 1.61. The molecule has 0 bridgehead atoms. The second-order valence-electron chi connectivity index (χ2n) is 5.05. The van der Waals surface area contributed by atoms with Crippen LogP contribution >= 0.6 is 0 Å². The number of rotatable bonds is 6. The monoisotopic (exact) mass is 261 g/mol. The number of likely N-dealkylation sites (tertiary alicyclic amines) is 1. The van der Waals surface area contributed by atoms with Crippen LogP contribution in [0, 0.1) is 0 Å². The zero-order chi connectivity index (χ0) is 13.5. The number of pyridine rings is 1. The van der Waals surface area contributed by atoms with Crippen molar-refractivity contribution in [2.75, 3.05) is 19.6 Å². The normalized spacial score (nSPS) is 19.7. The molecule has 104 valence electrons. The fourth-order valence-corrected chi connectivity index (χ4v) is 2.47. The van der Waals surface area contributed by atoms with Gasteiger partial charge in [0.25, 0.3) is 0 Å². The number of amides is 1. The summed E-state index contributed by atoms with van der Waals surface area (Å²) in [7, 11) is 0. The molecule has 0 spiro atoms. The molecule has 2 heterocycles. The van der Waals surface area contributed by atoms with Crippen LogP contribution in [0.3, 0.4) is 0 Å². The average Bonchev–Trinajstić information content (AvgIpc) is 2.46. The molecule has 1 saturated heterocycles. The molecule has 0 radical (unpaired) electrons. The highest BCUT2D eigenvalue weighted by atomic mass is 16.2. The van der Waals surface area contributed by atoms with E-state index >= 15 is 0 Å². The van der Waals surface area contributed by atoms with Crippen LogP contribution in [-0.2, 0) is 11.2 Å². The van der Waals surface area contributed by atoms with E-state index in [4.69, 9.17) is 0 Å². The largest absolute Gasteiger partial charge is 0.341 e. The smallest absolute Gasteiger partial charge is 0.239 e. The standard InChI is InChI=1S/C15H23N3O/c1-2-9-17-14-7-5-11-18(15(14)19)12-8-13-6-3-4-10-16-13/h3-4,6,10,14,17H,2,5,7-9,11-12H2,1H3. The van der Waals surface area contributed by atoms with Crippen LogP contribution in [0.25, 0.3) is 0 Å². The molecule has 0 aliphatic carbocycles. The molecule has 1 aromatic rings. The summed E-state index contributed by atoms with van der Waals surface area (Å²) in [4.78, 5) is 18.6. The molecule has 1 amide bonds. The highest BCUT2D eigenvalue weighted by molar-refractivity contribution is 5.82. The van der Waals surface area contributed by atoms with Gasteiger partial charge in [-0.25, -0.2) is 0 Å². The van der Waals surface area contributed by atoms with Gasteiger partial charge in [-0.2, -0.15) is 0 Å². The molecule has 1 atom stereocenters. The van der Waals surface area contributed by atoms with Crippen LogP contribution < -0.4 is 5.32 Å². The molecule has 4 nitrogen and oxygen atoms in total. The second-order valence-corrected chi connectivity index (χ2v) is 5.05. The average molecular weight is 261 g/mol. The number of carbonyl (C=O) groups excluding carboxylic acids is 1. The minimum Gasteiger partial charge on any atom is -0.341 e. The maximum atomic E-state index is 12.3. The molecule has 1 aliphatic rings. The van der Waals surface area contributed by atoms with E-state index in [-0.39, 0.29) is 11.9 Å². The minimum absolute atomic E-state index is 0.0254. The van der Waals surface area contributed by atoms with Crippen molar-refractivity contribution in [1.82, 2.24) is 15.2 Å². The predicted molar refractivity (Wildman–Crippen MR) is 75.8 cm³/mol. The van der Waals surface area contributed by atoms with Gasteiger partial charge >= 0.3 is 0 Å². The first kappa shape index (κ1) is 14.0. The molecule has 1 aromatic heterocycles. The summed E-state index contributed by atoms with van der Waals surface area (Å²) in [5, 5.41) is 3.34. The Morgan fingerprint density at radius 1 is 1.47 bits per heavy atom. The van der Waals surface area contributed by atoms with Crippen LogP contribution in [0.2, 0.25) is 0 Å².